The third-order valence-corrected chi connectivity index (χ3v) is 3.73. The number of nitro groups is 1. The Balaban J connectivity index is 2.12. The Morgan fingerprint density at radius 2 is 1.85 bits per heavy atom. The maximum absolute atomic E-state index is 11.1. The minimum Gasteiger partial charge on any atom is -0.308 e. The number of anilines is 1. The van der Waals surface area contributed by atoms with Crippen molar-refractivity contribution in [1.29, 1.82) is 0 Å². The lowest BCUT2D eigenvalue weighted by Crippen LogP contribution is -2.37. The fourth-order valence-corrected chi connectivity index (χ4v) is 2.73. The molecular formula is C15H17N3O2. The van der Waals surface area contributed by atoms with Crippen LogP contribution >= 0.6 is 0 Å². The summed E-state index contributed by atoms with van der Waals surface area (Å²) in [5.41, 5.74) is 4.59. The van der Waals surface area contributed by atoms with E-state index in [0.29, 0.717) is 5.39 Å². The van der Waals surface area contributed by atoms with E-state index in [1.807, 2.05) is 30.3 Å². The average molecular weight is 271 g/mol. The molecule has 0 bridgehead atoms. The first kappa shape index (κ1) is 12.9. The zero-order valence-electron chi connectivity index (χ0n) is 11.2. The van der Waals surface area contributed by atoms with Crippen LogP contribution in [-0.2, 0) is 0 Å². The molecule has 20 heavy (non-hydrogen) atoms. The molecule has 1 N–H and O–H groups in total. The molecule has 0 radical (unpaired) electrons. The maximum atomic E-state index is 11.1. The van der Waals surface area contributed by atoms with Gasteiger partial charge in [0, 0.05) is 24.5 Å². The van der Waals surface area contributed by atoms with Crippen molar-refractivity contribution < 1.29 is 4.92 Å². The number of hydrogen-bond acceptors (Lipinski definition) is 4. The quantitative estimate of drug-likeness (QED) is 0.673. The summed E-state index contributed by atoms with van der Waals surface area (Å²) < 4.78 is 0. The number of hydrogen-bond donors (Lipinski definition) is 1. The fourth-order valence-electron chi connectivity index (χ4n) is 2.73. The number of nitrogens with zero attached hydrogens (tertiary/aromatic N) is 2. The Morgan fingerprint density at radius 1 is 1.05 bits per heavy atom. The summed E-state index contributed by atoms with van der Waals surface area (Å²) in [6.07, 6.45) is 3.52. The molecule has 0 saturated carbocycles. The SMILES string of the molecule is O=[N+]([O-])c1ccc(N2CCCCCN2)c2ccccc12. The summed E-state index contributed by atoms with van der Waals surface area (Å²) in [5, 5.41) is 14.9. The van der Waals surface area contributed by atoms with Crippen LogP contribution in [0.1, 0.15) is 19.3 Å². The van der Waals surface area contributed by atoms with Crippen LogP contribution in [0.25, 0.3) is 10.8 Å². The van der Waals surface area contributed by atoms with Gasteiger partial charge in [-0.05, 0) is 25.0 Å². The van der Waals surface area contributed by atoms with Gasteiger partial charge in [-0.3, -0.25) is 10.1 Å². The van der Waals surface area contributed by atoms with Crippen LogP contribution in [0.2, 0.25) is 0 Å². The number of rotatable bonds is 2. The number of nitrogens with one attached hydrogen (secondary N) is 1. The first-order valence-electron chi connectivity index (χ1n) is 6.94. The first-order chi connectivity index (χ1) is 9.77. The van der Waals surface area contributed by atoms with E-state index in [2.05, 4.69) is 10.4 Å². The van der Waals surface area contributed by atoms with Crippen LogP contribution in [0.3, 0.4) is 0 Å². The second kappa shape index (κ2) is 5.46. The minimum atomic E-state index is -0.317. The lowest BCUT2D eigenvalue weighted by molar-refractivity contribution is -0.383. The van der Waals surface area contributed by atoms with Crippen molar-refractivity contribution in [3.05, 3.63) is 46.5 Å². The van der Waals surface area contributed by atoms with Crippen LogP contribution in [0.15, 0.2) is 36.4 Å². The topological polar surface area (TPSA) is 58.4 Å². The van der Waals surface area contributed by atoms with Gasteiger partial charge in [0.25, 0.3) is 5.69 Å². The molecule has 0 atom stereocenters. The van der Waals surface area contributed by atoms with Crippen LogP contribution in [-0.4, -0.2) is 18.0 Å². The predicted molar refractivity (Wildman–Crippen MR) is 79.8 cm³/mol. The van der Waals surface area contributed by atoms with E-state index in [-0.39, 0.29) is 10.6 Å². The van der Waals surface area contributed by atoms with Gasteiger partial charge >= 0.3 is 0 Å². The lowest BCUT2D eigenvalue weighted by Gasteiger charge is -2.24. The highest BCUT2D eigenvalue weighted by Gasteiger charge is 2.17. The van der Waals surface area contributed by atoms with Crippen molar-refractivity contribution in [3.8, 4) is 0 Å². The molecule has 1 aliphatic rings. The zero-order chi connectivity index (χ0) is 13.9. The van der Waals surface area contributed by atoms with E-state index in [9.17, 15) is 10.1 Å². The van der Waals surface area contributed by atoms with Crippen molar-refractivity contribution in [3.63, 3.8) is 0 Å². The number of fused-ring (bicyclic) bond motifs is 1. The van der Waals surface area contributed by atoms with Crippen LogP contribution in [0.5, 0.6) is 0 Å². The molecule has 2 aromatic rings. The lowest BCUT2D eigenvalue weighted by atomic mass is 10.1. The summed E-state index contributed by atoms with van der Waals surface area (Å²) in [6, 6.07) is 11.0. The number of hydrazine groups is 1. The third kappa shape index (κ3) is 2.32. The molecule has 104 valence electrons. The van der Waals surface area contributed by atoms with E-state index in [1.54, 1.807) is 6.07 Å². The summed E-state index contributed by atoms with van der Waals surface area (Å²) in [5.74, 6) is 0. The second-order valence-electron chi connectivity index (χ2n) is 5.03. The van der Waals surface area contributed by atoms with Gasteiger partial charge in [0.15, 0.2) is 0 Å². The molecule has 3 rings (SSSR count). The molecule has 0 unspecified atom stereocenters. The standard InChI is InChI=1S/C15H17N3O2/c19-18(20)15-9-8-14(12-6-2-3-7-13(12)15)17-11-5-1-4-10-16-17/h2-3,6-9,16H,1,4-5,10-11H2. The van der Waals surface area contributed by atoms with Crippen molar-refractivity contribution in [2.45, 2.75) is 19.3 Å². The van der Waals surface area contributed by atoms with Gasteiger partial charge in [0.05, 0.1) is 16.0 Å². The van der Waals surface area contributed by atoms with Crippen LogP contribution < -0.4 is 10.4 Å². The van der Waals surface area contributed by atoms with Gasteiger partial charge < -0.3 is 5.01 Å². The van der Waals surface area contributed by atoms with E-state index in [4.69, 9.17) is 0 Å². The molecule has 1 fully saturated rings. The number of benzene rings is 2. The molecule has 5 heteroatoms. The zero-order valence-corrected chi connectivity index (χ0v) is 11.2. The van der Waals surface area contributed by atoms with E-state index < -0.39 is 0 Å². The van der Waals surface area contributed by atoms with Crippen molar-refractivity contribution in [1.82, 2.24) is 5.43 Å². The summed E-state index contributed by atoms with van der Waals surface area (Å²) >= 11 is 0. The average Bonchev–Trinajstić information content (AvgIpc) is 2.75. The van der Waals surface area contributed by atoms with E-state index in [0.717, 1.165) is 30.6 Å². The van der Waals surface area contributed by atoms with E-state index >= 15 is 0 Å². The largest absolute Gasteiger partial charge is 0.308 e. The monoisotopic (exact) mass is 271 g/mol. The van der Waals surface area contributed by atoms with Gasteiger partial charge in [-0.1, -0.05) is 24.6 Å². The molecule has 1 saturated heterocycles. The van der Waals surface area contributed by atoms with Crippen molar-refractivity contribution in [2.75, 3.05) is 18.1 Å². The van der Waals surface area contributed by atoms with Gasteiger partial charge in [-0.2, -0.15) is 0 Å². The molecule has 0 spiro atoms. The van der Waals surface area contributed by atoms with Crippen molar-refractivity contribution in [2.24, 2.45) is 0 Å². The molecular weight excluding hydrogens is 254 g/mol. The molecule has 2 aromatic carbocycles. The third-order valence-electron chi connectivity index (χ3n) is 3.73. The molecule has 0 amide bonds. The van der Waals surface area contributed by atoms with E-state index in [1.165, 1.54) is 12.8 Å². The maximum Gasteiger partial charge on any atom is 0.277 e. The van der Waals surface area contributed by atoms with Gasteiger partial charge in [-0.25, -0.2) is 5.43 Å². The Hall–Kier alpha value is -2.14. The van der Waals surface area contributed by atoms with Crippen molar-refractivity contribution >= 4 is 22.1 Å². The highest BCUT2D eigenvalue weighted by atomic mass is 16.6. The van der Waals surface area contributed by atoms with Crippen LogP contribution in [0, 0.1) is 10.1 Å². The normalized spacial score (nSPS) is 16.1. The van der Waals surface area contributed by atoms with Gasteiger partial charge in [0.1, 0.15) is 0 Å². The Kier molecular flexibility index (Phi) is 3.52. The van der Waals surface area contributed by atoms with Gasteiger partial charge in [-0.15, -0.1) is 0 Å². The predicted octanol–water partition coefficient (Wildman–Crippen LogP) is 3.24. The second-order valence-corrected chi connectivity index (χ2v) is 5.03. The molecule has 0 aromatic heterocycles. The fraction of sp³-hybridized carbons (Fsp3) is 0.333. The Morgan fingerprint density at radius 3 is 2.65 bits per heavy atom. The Bertz CT molecular complexity index is 634. The highest BCUT2D eigenvalue weighted by Crippen LogP contribution is 2.33. The summed E-state index contributed by atoms with van der Waals surface area (Å²) in [7, 11) is 0. The van der Waals surface area contributed by atoms with Crippen LogP contribution in [0.4, 0.5) is 11.4 Å². The summed E-state index contributed by atoms with van der Waals surface area (Å²) in [4.78, 5) is 10.8. The first-order valence-corrected chi connectivity index (χ1v) is 6.94. The smallest absolute Gasteiger partial charge is 0.277 e. The number of non-ortho nitro benzene ring substituents is 1. The molecule has 5 nitrogen and oxygen atoms in total. The van der Waals surface area contributed by atoms with Gasteiger partial charge in [0.2, 0.25) is 0 Å². The Labute approximate surface area is 117 Å². The minimum absolute atomic E-state index is 0.166. The highest BCUT2D eigenvalue weighted by molar-refractivity contribution is 5.99. The summed E-state index contributed by atoms with van der Waals surface area (Å²) in [6.45, 7) is 1.88. The molecule has 0 aliphatic carbocycles. The molecule has 1 heterocycles. The molecule has 1 aliphatic heterocycles. The number of nitro benzene ring substituents is 1.